The molecule has 1 aromatic heterocycles. The Kier molecular flexibility index (Phi) is 5.37. The molecular weight excluding hydrogens is 386 g/mol. The van der Waals surface area contributed by atoms with Crippen molar-refractivity contribution in [2.45, 2.75) is 0 Å². The summed E-state index contributed by atoms with van der Waals surface area (Å²) in [7, 11) is 1.68. The lowest BCUT2D eigenvalue weighted by Gasteiger charge is -2.29. The van der Waals surface area contributed by atoms with E-state index in [1.54, 1.807) is 7.11 Å². The van der Waals surface area contributed by atoms with Crippen molar-refractivity contribution in [3.05, 3.63) is 72.9 Å². The van der Waals surface area contributed by atoms with Crippen LogP contribution in [0.25, 0.3) is 22.0 Å². The predicted octanol–water partition coefficient (Wildman–Crippen LogP) is 4.46. The molecular formula is C25H25N5O. The average molecular weight is 412 g/mol. The van der Waals surface area contributed by atoms with Crippen molar-refractivity contribution in [3.63, 3.8) is 0 Å². The third-order valence-electron chi connectivity index (χ3n) is 5.60. The normalized spacial score (nSPS) is 13.9. The Morgan fingerprint density at radius 2 is 1.77 bits per heavy atom. The molecule has 1 aliphatic rings. The number of anilines is 3. The van der Waals surface area contributed by atoms with E-state index in [4.69, 9.17) is 9.72 Å². The molecule has 1 fully saturated rings. The maximum absolute atomic E-state index is 5.29. The van der Waals surface area contributed by atoms with Gasteiger partial charge in [-0.25, -0.2) is 9.97 Å². The molecule has 2 N–H and O–H groups in total. The number of rotatable bonds is 5. The summed E-state index contributed by atoms with van der Waals surface area (Å²) in [4.78, 5) is 11.8. The van der Waals surface area contributed by atoms with E-state index in [0.717, 1.165) is 59.6 Å². The predicted molar refractivity (Wildman–Crippen MR) is 126 cm³/mol. The molecule has 31 heavy (non-hydrogen) atoms. The lowest BCUT2D eigenvalue weighted by atomic mass is 10.0. The topological polar surface area (TPSA) is 62.3 Å². The van der Waals surface area contributed by atoms with Crippen LogP contribution in [0.4, 0.5) is 17.3 Å². The molecule has 2 heterocycles. The standard InChI is InChI=1S/C25H25N5O/c1-31-22-10-8-18(9-11-22)23-7-2-4-19-17-27-25(29-24(19)23)28-20-5-3-6-21(16-20)30-14-12-26-13-15-30/h2-11,16-17,26H,12-15H2,1H3,(H,27,28,29). The molecule has 1 aliphatic heterocycles. The van der Waals surface area contributed by atoms with Crippen molar-refractivity contribution < 1.29 is 4.74 Å². The van der Waals surface area contributed by atoms with Crippen molar-refractivity contribution in [3.8, 4) is 16.9 Å². The van der Waals surface area contributed by atoms with E-state index in [2.05, 4.69) is 63.0 Å². The van der Waals surface area contributed by atoms with Crippen LogP contribution in [-0.4, -0.2) is 43.3 Å². The van der Waals surface area contributed by atoms with E-state index >= 15 is 0 Å². The van der Waals surface area contributed by atoms with E-state index in [1.807, 2.05) is 30.5 Å². The van der Waals surface area contributed by atoms with E-state index < -0.39 is 0 Å². The fraction of sp³-hybridized carbons (Fsp3) is 0.200. The summed E-state index contributed by atoms with van der Waals surface area (Å²) >= 11 is 0. The molecule has 0 atom stereocenters. The number of methoxy groups -OCH3 is 1. The number of hydrogen-bond acceptors (Lipinski definition) is 6. The largest absolute Gasteiger partial charge is 0.497 e. The van der Waals surface area contributed by atoms with E-state index in [0.29, 0.717) is 5.95 Å². The summed E-state index contributed by atoms with van der Waals surface area (Å²) in [5, 5.41) is 7.79. The maximum Gasteiger partial charge on any atom is 0.227 e. The third-order valence-corrected chi connectivity index (χ3v) is 5.60. The highest BCUT2D eigenvalue weighted by atomic mass is 16.5. The van der Waals surface area contributed by atoms with Crippen molar-refractivity contribution in [2.24, 2.45) is 0 Å². The zero-order valence-corrected chi connectivity index (χ0v) is 17.5. The van der Waals surface area contributed by atoms with Gasteiger partial charge in [-0.2, -0.15) is 0 Å². The number of nitrogens with one attached hydrogen (secondary N) is 2. The molecule has 0 amide bonds. The van der Waals surface area contributed by atoms with Crippen LogP contribution in [0.5, 0.6) is 5.75 Å². The molecule has 0 aliphatic carbocycles. The van der Waals surface area contributed by atoms with E-state index in [1.165, 1.54) is 5.69 Å². The molecule has 156 valence electrons. The fourth-order valence-electron chi connectivity index (χ4n) is 3.95. The SMILES string of the molecule is COc1ccc(-c2cccc3cnc(Nc4cccc(N5CCNCC5)c4)nc23)cc1. The molecule has 1 saturated heterocycles. The minimum atomic E-state index is 0.589. The Labute approximate surface area is 181 Å². The van der Waals surface area contributed by atoms with Gasteiger partial charge in [-0.3, -0.25) is 0 Å². The zero-order chi connectivity index (χ0) is 21.0. The van der Waals surface area contributed by atoms with Crippen molar-refractivity contribution in [1.82, 2.24) is 15.3 Å². The Hall–Kier alpha value is -3.64. The van der Waals surface area contributed by atoms with Crippen LogP contribution in [0.2, 0.25) is 0 Å². The lowest BCUT2D eigenvalue weighted by Crippen LogP contribution is -2.43. The highest BCUT2D eigenvalue weighted by molar-refractivity contribution is 5.94. The second kappa shape index (κ2) is 8.62. The van der Waals surface area contributed by atoms with Crippen LogP contribution in [0.15, 0.2) is 72.9 Å². The third kappa shape index (κ3) is 4.15. The number of para-hydroxylation sites is 1. The first-order valence-corrected chi connectivity index (χ1v) is 10.5. The maximum atomic E-state index is 5.29. The minimum absolute atomic E-state index is 0.589. The fourth-order valence-corrected chi connectivity index (χ4v) is 3.95. The van der Waals surface area contributed by atoms with Gasteiger partial charge in [0, 0.05) is 54.7 Å². The monoisotopic (exact) mass is 411 g/mol. The number of fused-ring (bicyclic) bond motifs is 1. The molecule has 5 rings (SSSR count). The van der Waals surface area contributed by atoms with Crippen molar-refractivity contribution >= 4 is 28.2 Å². The Morgan fingerprint density at radius 1 is 0.968 bits per heavy atom. The van der Waals surface area contributed by atoms with Gasteiger partial charge in [0.1, 0.15) is 5.75 Å². The summed E-state index contributed by atoms with van der Waals surface area (Å²) in [5.74, 6) is 1.43. The summed E-state index contributed by atoms with van der Waals surface area (Å²) < 4.78 is 5.29. The van der Waals surface area contributed by atoms with Crippen LogP contribution < -0.4 is 20.3 Å². The molecule has 3 aromatic carbocycles. The van der Waals surface area contributed by atoms with E-state index in [-0.39, 0.29) is 0 Å². The molecule has 0 bridgehead atoms. The van der Waals surface area contributed by atoms with Gasteiger partial charge >= 0.3 is 0 Å². The second-order valence-electron chi connectivity index (χ2n) is 7.58. The van der Waals surface area contributed by atoms with Crippen molar-refractivity contribution in [1.29, 1.82) is 0 Å². The molecule has 6 heteroatoms. The zero-order valence-electron chi connectivity index (χ0n) is 17.5. The highest BCUT2D eigenvalue weighted by Crippen LogP contribution is 2.30. The summed E-state index contributed by atoms with van der Waals surface area (Å²) in [6.45, 7) is 4.06. The summed E-state index contributed by atoms with van der Waals surface area (Å²) in [6.07, 6.45) is 1.87. The Bertz CT molecular complexity index is 1190. The number of nitrogens with zero attached hydrogens (tertiary/aromatic N) is 3. The van der Waals surface area contributed by atoms with Crippen LogP contribution in [-0.2, 0) is 0 Å². The van der Waals surface area contributed by atoms with Gasteiger partial charge < -0.3 is 20.3 Å². The van der Waals surface area contributed by atoms with Crippen LogP contribution >= 0.6 is 0 Å². The number of aromatic nitrogens is 2. The highest BCUT2D eigenvalue weighted by Gasteiger charge is 2.12. The van der Waals surface area contributed by atoms with Gasteiger partial charge in [-0.1, -0.05) is 36.4 Å². The van der Waals surface area contributed by atoms with Crippen LogP contribution in [0, 0.1) is 0 Å². The van der Waals surface area contributed by atoms with Gasteiger partial charge in [0.05, 0.1) is 12.6 Å². The molecule has 6 nitrogen and oxygen atoms in total. The lowest BCUT2D eigenvalue weighted by molar-refractivity contribution is 0.415. The quantitative estimate of drug-likeness (QED) is 0.506. The Balaban J connectivity index is 1.46. The van der Waals surface area contributed by atoms with Crippen LogP contribution in [0.3, 0.4) is 0 Å². The molecule has 4 aromatic rings. The molecule has 0 radical (unpaired) electrons. The summed E-state index contributed by atoms with van der Waals surface area (Å²) in [6, 6.07) is 22.6. The van der Waals surface area contributed by atoms with E-state index in [9.17, 15) is 0 Å². The number of ether oxygens (including phenoxy) is 1. The molecule has 0 spiro atoms. The summed E-state index contributed by atoms with van der Waals surface area (Å²) in [5.41, 5.74) is 5.28. The van der Waals surface area contributed by atoms with Gasteiger partial charge in [0.2, 0.25) is 5.95 Å². The van der Waals surface area contributed by atoms with Crippen LogP contribution in [0.1, 0.15) is 0 Å². The first-order valence-electron chi connectivity index (χ1n) is 10.5. The second-order valence-corrected chi connectivity index (χ2v) is 7.58. The molecule has 0 saturated carbocycles. The average Bonchev–Trinajstić information content (AvgIpc) is 2.84. The van der Waals surface area contributed by atoms with Gasteiger partial charge in [-0.15, -0.1) is 0 Å². The first kappa shape index (κ1) is 19.3. The molecule has 0 unspecified atom stereocenters. The number of benzene rings is 3. The number of piperazine rings is 1. The smallest absolute Gasteiger partial charge is 0.227 e. The van der Waals surface area contributed by atoms with Gasteiger partial charge in [-0.05, 0) is 35.9 Å². The number of hydrogen-bond donors (Lipinski definition) is 2. The first-order chi connectivity index (χ1) is 15.3. The van der Waals surface area contributed by atoms with Crippen molar-refractivity contribution in [2.75, 3.05) is 43.5 Å². The minimum Gasteiger partial charge on any atom is -0.497 e. The van der Waals surface area contributed by atoms with Gasteiger partial charge in [0.25, 0.3) is 0 Å². The Morgan fingerprint density at radius 3 is 2.58 bits per heavy atom. The van der Waals surface area contributed by atoms with Gasteiger partial charge in [0.15, 0.2) is 0 Å².